The highest BCUT2D eigenvalue weighted by Crippen LogP contribution is 2.39. The summed E-state index contributed by atoms with van der Waals surface area (Å²) in [5.74, 6) is 0.821. The van der Waals surface area contributed by atoms with Crippen molar-refractivity contribution in [3.63, 3.8) is 0 Å². The van der Waals surface area contributed by atoms with Crippen molar-refractivity contribution in [3.05, 3.63) is 33.1 Å². The van der Waals surface area contributed by atoms with E-state index in [0.29, 0.717) is 28.0 Å². The normalized spacial score (nSPS) is 17.7. The van der Waals surface area contributed by atoms with Crippen molar-refractivity contribution in [1.29, 1.82) is 0 Å². The van der Waals surface area contributed by atoms with Crippen LogP contribution in [0.15, 0.2) is 21.3 Å². The van der Waals surface area contributed by atoms with Gasteiger partial charge in [0.05, 0.1) is 6.61 Å². The Bertz CT molecular complexity index is 706. The van der Waals surface area contributed by atoms with Gasteiger partial charge in [0.25, 0.3) is 0 Å². The van der Waals surface area contributed by atoms with Gasteiger partial charge in [-0.3, -0.25) is 0 Å². The second-order valence-corrected chi connectivity index (χ2v) is 4.71. The maximum atomic E-state index is 11.6. The van der Waals surface area contributed by atoms with Gasteiger partial charge < -0.3 is 19.0 Å². The molecule has 100 valence electrons. The summed E-state index contributed by atoms with van der Waals surface area (Å²) >= 11 is 5.87. The van der Waals surface area contributed by atoms with Gasteiger partial charge >= 0.3 is 5.63 Å². The first-order chi connectivity index (χ1) is 9.11. The molecule has 1 atom stereocenters. The third-order valence-electron chi connectivity index (χ3n) is 3.09. The molecular formula is C13H11ClO5. The van der Waals surface area contributed by atoms with E-state index in [-0.39, 0.29) is 18.2 Å². The molecule has 5 nitrogen and oxygen atoms in total. The number of halogens is 1. The first-order valence-corrected chi connectivity index (χ1v) is 6.16. The number of aliphatic hydroxyl groups is 1. The van der Waals surface area contributed by atoms with Crippen molar-refractivity contribution in [3.8, 4) is 11.5 Å². The van der Waals surface area contributed by atoms with E-state index in [4.69, 9.17) is 30.6 Å². The molecule has 1 aromatic heterocycles. The maximum absolute atomic E-state index is 11.6. The fourth-order valence-electron chi connectivity index (χ4n) is 2.06. The Balaban J connectivity index is 2.27. The van der Waals surface area contributed by atoms with Crippen LogP contribution in [0.4, 0.5) is 0 Å². The first-order valence-electron chi connectivity index (χ1n) is 5.78. The Morgan fingerprint density at radius 2 is 2.26 bits per heavy atom. The molecule has 1 unspecified atom stereocenters. The predicted octanol–water partition coefficient (Wildman–Crippen LogP) is 1.89. The number of hydrogen-bond acceptors (Lipinski definition) is 5. The van der Waals surface area contributed by atoms with E-state index in [1.807, 2.05) is 0 Å². The summed E-state index contributed by atoms with van der Waals surface area (Å²) in [6, 6.07) is 3.46. The highest BCUT2D eigenvalue weighted by molar-refractivity contribution is 6.31. The average molecular weight is 283 g/mol. The van der Waals surface area contributed by atoms with E-state index < -0.39 is 11.7 Å². The molecule has 0 fully saturated rings. The number of hydrogen-bond donors (Lipinski definition) is 1. The molecule has 0 saturated heterocycles. The van der Waals surface area contributed by atoms with Gasteiger partial charge in [-0.2, -0.15) is 0 Å². The topological polar surface area (TPSA) is 68.9 Å². The van der Waals surface area contributed by atoms with E-state index in [1.165, 1.54) is 0 Å². The highest BCUT2D eigenvalue weighted by Gasteiger charge is 2.25. The second-order valence-electron chi connectivity index (χ2n) is 4.33. The molecule has 0 amide bonds. The standard InChI is InChI=1S/C13H11ClO5/c1-6-8-2-3-9-12(17-5-7(4-15)18-9)11(8)19-13(16)10(6)14/h2-3,7,15H,4-5H2,1H3. The number of fused-ring (bicyclic) bond motifs is 3. The molecular weight excluding hydrogens is 272 g/mol. The average Bonchev–Trinajstić information content (AvgIpc) is 2.44. The Morgan fingerprint density at radius 3 is 3.00 bits per heavy atom. The van der Waals surface area contributed by atoms with Crippen LogP contribution in [0.1, 0.15) is 5.56 Å². The molecule has 2 heterocycles. The van der Waals surface area contributed by atoms with Crippen LogP contribution in [0, 0.1) is 6.92 Å². The zero-order valence-electron chi connectivity index (χ0n) is 10.1. The van der Waals surface area contributed by atoms with Crippen molar-refractivity contribution in [2.75, 3.05) is 13.2 Å². The lowest BCUT2D eigenvalue weighted by molar-refractivity contribution is 0.0460. The summed E-state index contributed by atoms with van der Waals surface area (Å²) in [5.41, 5.74) is 0.359. The number of aliphatic hydroxyl groups excluding tert-OH is 1. The van der Waals surface area contributed by atoms with Gasteiger partial charge in [0.2, 0.25) is 5.75 Å². The zero-order valence-corrected chi connectivity index (χ0v) is 10.9. The van der Waals surface area contributed by atoms with Crippen molar-refractivity contribution in [1.82, 2.24) is 0 Å². The lowest BCUT2D eigenvalue weighted by Crippen LogP contribution is -2.32. The number of benzene rings is 1. The predicted molar refractivity (Wildman–Crippen MR) is 69.2 cm³/mol. The van der Waals surface area contributed by atoms with E-state index >= 15 is 0 Å². The molecule has 19 heavy (non-hydrogen) atoms. The molecule has 2 aromatic rings. The third kappa shape index (κ3) is 1.86. The monoisotopic (exact) mass is 282 g/mol. The Labute approximate surface area is 113 Å². The van der Waals surface area contributed by atoms with Crippen LogP contribution in [-0.4, -0.2) is 24.4 Å². The van der Waals surface area contributed by atoms with Gasteiger partial charge in [0.1, 0.15) is 11.6 Å². The molecule has 0 bridgehead atoms. The summed E-state index contributed by atoms with van der Waals surface area (Å²) in [7, 11) is 0. The van der Waals surface area contributed by atoms with Gasteiger partial charge in [0, 0.05) is 5.39 Å². The largest absolute Gasteiger partial charge is 0.482 e. The molecule has 6 heteroatoms. The van der Waals surface area contributed by atoms with E-state index in [2.05, 4.69) is 0 Å². The molecule has 1 N–H and O–H groups in total. The van der Waals surface area contributed by atoms with E-state index in [1.54, 1.807) is 19.1 Å². The molecule has 0 aliphatic carbocycles. The van der Waals surface area contributed by atoms with Gasteiger partial charge in [-0.05, 0) is 24.6 Å². The van der Waals surface area contributed by atoms with Crippen LogP contribution in [0.5, 0.6) is 11.5 Å². The lowest BCUT2D eigenvalue weighted by Gasteiger charge is -2.25. The fraction of sp³-hybridized carbons (Fsp3) is 0.308. The van der Waals surface area contributed by atoms with Crippen LogP contribution in [0.3, 0.4) is 0 Å². The molecule has 0 spiro atoms. The summed E-state index contributed by atoms with van der Waals surface area (Å²) in [5, 5.41) is 9.83. The molecule has 3 rings (SSSR count). The van der Waals surface area contributed by atoms with Gasteiger partial charge in [-0.1, -0.05) is 11.6 Å². The quantitative estimate of drug-likeness (QED) is 0.809. The minimum atomic E-state index is -0.604. The van der Waals surface area contributed by atoms with Crippen molar-refractivity contribution in [2.45, 2.75) is 13.0 Å². The van der Waals surface area contributed by atoms with Crippen LogP contribution >= 0.6 is 11.6 Å². The fourth-order valence-corrected chi connectivity index (χ4v) is 2.20. The number of aryl methyl sites for hydroxylation is 1. The third-order valence-corrected chi connectivity index (χ3v) is 3.53. The minimum absolute atomic E-state index is 0.0670. The summed E-state index contributed by atoms with van der Waals surface area (Å²) in [6.07, 6.45) is -0.412. The minimum Gasteiger partial charge on any atom is -0.482 e. The SMILES string of the molecule is Cc1c(Cl)c(=O)oc2c3c(ccc12)OC(CO)CO3. The van der Waals surface area contributed by atoms with Gasteiger partial charge in [-0.15, -0.1) is 0 Å². The Kier molecular flexibility index (Phi) is 2.88. The molecule has 1 aromatic carbocycles. The smallest absolute Gasteiger partial charge is 0.355 e. The van der Waals surface area contributed by atoms with Crippen molar-refractivity contribution in [2.24, 2.45) is 0 Å². The number of ether oxygens (including phenoxy) is 2. The first kappa shape index (κ1) is 12.3. The molecule has 0 saturated carbocycles. The van der Waals surface area contributed by atoms with Crippen LogP contribution in [0.25, 0.3) is 11.0 Å². The summed E-state index contributed by atoms with van der Waals surface area (Å²) in [6.45, 7) is 1.81. The van der Waals surface area contributed by atoms with Gasteiger partial charge in [0.15, 0.2) is 17.4 Å². The van der Waals surface area contributed by atoms with Crippen molar-refractivity contribution < 1.29 is 19.0 Å². The van der Waals surface area contributed by atoms with Crippen LogP contribution in [0.2, 0.25) is 5.02 Å². The number of rotatable bonds is 1. The molecule has 1 aliphatic rings. The van der Waals surface area contributed by atoms with Crippen molar-refractivity contribution >= 4 is 22.6 Å². The second kappa shape index (κ2) is 4.43. The molecule has 1 aliphatic heterocycles. The summed E-state index contributed by atoms with van der Waals surface area (Å²) in [4.78, 5) is 11.6. The molecule has 0 radical (unpaired) electrons. The Morgan fingerprint density at radius 1 is 1.47 bits per heavy atom. The Hall–Kier alpha value is -1.72. The lowest BCUT2D eigenvalue weighted by atomic mass is 10.1. The van der Waals surface area contributed by atoms with E-state index in [0.717, 1.165) is 0 Å². The summed E-state index contributed by atoms with van der Waals surface area (Å²) < 4.78 is 16.2. The van der Waals surface area contributed by atoms with E-state index in [9.17, 15) is 4.79 Å². The highest BCUT2D eigenvalue weighted by atomic mass is 35.5. The zero-order chi connectivity index (χ0) is 13.6. The van der Waals surface area contributed by atoms with Crippen LogP contribution < -0.4 is 15.1 Å². The van der Waals surface area contributed by atoms with Gasteiger partial charge in [-0.25, -0.2) is 4.79 Å². The van der Waals surface area contributed by atoms with Crippen LogP contribution in [-0.2, 0) is 0 Å². The maximum Gasteiger partial charge on any atom is 0.355 e.